The van der Waals surface area contributed by atoms with Gasteiger partial charge in [-0.2, -0.15) is 13.2 Å². The molecule has 0 radical (unpaired) electrons. The van der Waals surface area contributed by atoms with Gasteiger partial charge in [-0.05, 0) is 64.2 Å². The van der Waals surface area contributed by atoms with Crippen molar-refractivity contribution in [2.45, 2.75) is 115 Å². The number of hydrogen-bond acceptors (Lipinski definition) is 6. The molecule has 0 unspecified atom stereocenters. The molecular formula is C33H51F3N4O6. The average Bonchev–Trinajstić information content (AvgIpc) is 3.01. The summed E-state index contributed by atoms with van der Waals surface area (Å²) in [6.45, 7) is 6.15. The summed E-state index contributed by atoms with van der Waals surface area (Å²) >= 11 is 0. The predicted octanol–water partition coefficient (Wildman–Crippen LogP) is 5.74. The minimum Gasteiger partial charge on any atom is -0.490 e. The van der Waals surface area contributed by atoms with Crippen molar-refractivity contribution >= 4 is 23.5 Å². The molecule has 13 heteroatoms. The topological polar surface area (TPSA) is 120 Å². The molecule has 4 amide bonds. The maximum Gasteiger partial charge on any atom is 0.389 e. The molecule has 2 aliphatic rings. The summed E-state index contributed by atoms with van der Waals surface area (Å²) in [5.41, 5.74) is 0.277. The molecule has 4 atom stereocenters. The lowest BCUT2D eigenvalue weighted by molar-refractivity contribution is -0.142. The maximum atomic E-state index is 14.2. The first-order valence-electron chi connectivity index (χ1n) is 16.5. The monoisotopic (exact) mass is 656 g/mol. The zero-order valence-electron chi connectivity index (χ0n) is 27.5. The third-order valence-electron chi connectivity index (χ3n) is 8.70. The largest absolute Gasteiger partial charge is 0.490 e. The molecule has 0 bridgehead atoms. The van der Waals surface area contributed by atoms with Crippen LogP contribution in [0.1, 0.15) is 95.3 Å². The first-order valence-corrected chi connectivity index (χ1v) is 16.5. The number of ether oxygens (including phenoxy) is 2. The Hall–Kier alpha value is -3.06. The lowest BCUT2D eigenvalue weighted by Gasteiger charge is -2.36. The standard InChI is InChI=1S/C33H51F3N4O6/c1-22-19-40(23(2)21-41)31(43)27-18-26(37-30(42)15-16-33(34,35)36)13-14-28(27)46-24(3)10-8-9-17-45-29(22)20-39(4)32(44)38-25-11-6-5-7-12-25/h13-14,18,22-25,29,41H,5-12,15-17,19-21H2,1-4H3,(H,37,42)(H,38,44)/t22-,23+,24+,29+/m0/s1. The Bertz CT molecular complexity index is 1150. The van der Waals surface area contributed by atoms with E-state index in [9.17, 15) is 32.7 Å². The molecule has 260 valence electrons. The van der Waals surface area contributed by atoms with Crippen molar-refractivity contribution in [3.05, 3.63) is 23.8 Å². The number of hydrogen-bond donors (Lipinski definition) is 3. The van der Waals surface area contributed by atoms with Crippen molar-refractivity contribution < 1.29 is 42.1 Å². The van der Waals surface area contributed by atoms with Gasteiger partial charge in [-0.25, -0.2) is 4.79 Å². The van der Waals surface area contributed by atoms with Gasteiger partial charge in [0.2, 0.25) is 5.91 Å². The number of carbonyl (C=O) groups is 3. The Kier molecular flexibility index (Phi) is 14.4. The molecule has 1 fully saturated rings. The molecular weight excluding hydrogens is 605 g/mol. The normalized spacial score (nSPS) is 23.0. The molecule has 0 aromatic heterocycles. The number of alkyl halides is 3. The lowest BCUT2D eigenvalue weighted by Crippen LogP contribution is -2.50. The highest BCUT2D eigenvalue weighted by Gasteiger charge is 2.32. The van der Waals surface area contributed by atoms with E-state index in [1.165, 1.54) is 29.5 Å². The van der Waals surface area contributed by atoms with Gasteiger partial charge < -0.3 is 35.0 Å². The summed E-state index contributed by atoms with van der Waals surface area (Å²) in [6, 6.07) is 3.82. The van der Waals surface area contributed by atoms with Crippen molar-refractivity contribution in [2.24, 2.45) is 5.92 Å². The van der Waals surface area contributed by atoms with Crippen LogP contribution in [-0.4, -0.2) is 96.6 Å². The van der Waals surface area contributed by atoms with Gasteiger partial charge in [0, 0.05) is 50.8 Å². The highest BCUT2D eigenvalue weighted by Crippen LogP contribution is 2.29. The van der Waals surface area contributed by atoms with E-state index in [0.29, 0.717) is 19.6 Å². The molecule has 46 heavy (non-hydrogen) atoms. The maximum absolute atomic E-state index is 14.2. The van der Waals surface area contributed by atoms with E-state index in [-0.39, 0.29) is 54.2 Å². The first kappa shape index (κ1) is 37.4. The number of likely N-dealkylation sites (N-methyl/N-ethyl adjacent to an activating group) is 1. The summed E-state index contributed by atoms with van der Waals surface area (Å²) in [7, 11) is 1.73. The second-order valence-corrected chi connectivity index (χ2v) is 12.8. The van der Waals surface area contributed by atoms with Gasteiger partial charge in [0.1, 0.15) is 5.75 Å². The molecule has 0 saturated heterocycles. The Labute approximate surface area is 270 Å². The van der Waals surface area contributed by atoms with E-state index in [1.54, 1.807) is 18.9 Å². The van der Waals surface area contributed by atoms with Crippen LogP contribution < -0.4 is 15.4 Å². The third kappa shape index (κ3) is 11.9. The van der Waals surface area contributed by atoms with Crippen LogP contribution in [0.25, 0.3) is 0 Å². The number of amides is 4. The summed E-state index contributed by atoms with van der Waals surface area (Å²) in [5.74, 6) is -1.27. The number of rotatable bonds is 8. The van der Waals surface area contributed by atoms with Gasteiger partial charge in [-0.15, -0.1) is 0 Å². The van der Waals surface area contributed by atoms with Crippen molar-refractivity contribution in [3.63, 3.8) is 0 Å². The third-order valence-corrected chi connectivity index (χ3v) is 8.70. The van der Waals surface area contributed by atoms with E-state index in [2.05, 4.69) is 10.6 Å². The van der Waals surface area contributed by atoms with Crippen molar-refractivity contribution in [1.82, 2.24) is 15.1 Å². The molecule has 0 spiro atoms. The SMILES string of the molecule is C[C@@H]1CCCCO[C@H](CN(C)C(=O)NC2CCCCC2)[C@@H](C)CN([C@H](C)CO)C(=O)c2cc(NC(=O)CCC(F)(F)F)ccc2O1. The number of aliphatic hydroxyl groups excluding tert-OH is 1. The van der Waals surface area contributed by atoms with Crippen LogP contribution in [0.5, 0.6) is 5.75 Å². The van der Waals surface area contributed by atoms with E-state index >= 15 is 0 Å². The Morgan fingerprint density at radius 3 is 2.48 bits per heavy atom. The summed E-state index contributed by atoms with van der Waals surface area (Å²) in [6.07, 6.45) is 0.402. The van der Waals surface area contributed by atoms with Crippen molar-refractivity contribution in [2.75, 3.05) is 38.7 Å². The molecule has 1 aromatic rings. The highest BCUT2D eigenvalue weighted by molar-refractivity contribution is 5.99. The number of nitrogens with zero attached hydrogens (tertiary/aromatic N) is 2. The summed E-state index contributed by atoms with van der Waals surface area (Å²) < 4.78 is 50.5. The fraction of sp³-hybridized carbons (Fsp3) is 0.727. The van der Waals surface area contributed by atoms with Gasteiger partial charge in [0.25, 0.3) is 5.91 Å². The molecule has 3 rings (SSSR count). The second kappa shape index (κ2) is 17.7. The molecule has 10 nitrogen and oxygen atoms in total. The zero-order chi connectivity index (χ0) is 33.9. The number of nitrogens with one attached hydrogen (secondary N) is 2. The number of aliphatic hydroxyl groups is 1. The van der Waals surface area contributed by atoms with E-state index < -0.39 is 43.0 Å². The van der Waals surface area contributed by atoms with E-state index in [4.69, 9.17) is 9.47 Å². The number of carbonyl (C=O) groups excluding carboxylic acids is 3. The van der Waals surface area contributed by atoms with Crippen LogP contribution in [-0.2, 0) is 9.53 Å². The number of benzene rings is 1. The number of urea groups is 1. The van der Waals surface area contributed by atoms with E-state index in [1.807, 2.05) is 13.8 Å². The lowest BCUT2D eigenvalue weighted by atomic mass is 9.96. The van der Waals surface area contributed by atoms with Gasteiger partial charge in [0.15, 0.2) is 0 Å². The van der Waals surface area contributed by atoms with Gasteiger partial charge >= 0.3 is 12.2 Å². The fourth-order valence-corrected chi connectivity index (χ4v) is 5.83. The number of fused-ring (bicyclic) bond motifs is 1. The van der Waals surface area contributed by atoms with E-state index in [0.717, 1.165) is 38.5 Å². The Balaban J connectivity index is 1.85. The first-order chi connectivity index (χ1) is 21.8. The average molecular weight is 657 g/mol. The fourth-order valence-electron chi connectivity index (χ4n) is 5.83. The van der Waals surface area contributed by atoms with Crippen molar-refractivity contribution in [3.8, 4) is 5.75 Å². The van der Waals surface area contributed by atoms with Crippen molar-refractivity contribution in [1.29, 1.82) is 0 Å². The van der Waals surface area contributed by atoms with Crippen LogP contribution in [0.3, 0.4) is 0 Å². The minimum atomic E-state index is -4.47. The molecule has 1 heterocycles. The highest BCUT2D eigenvalue weighted by atomic mass is 19.4. The van der Waals surface area contributed by atoms with Crippen LogP contribution in [0, 0.1) is 5.92 Å². The molecule has 1 aliphatic heterocycles. The quantitative estimate of drug-likeness (QED) is 0.329. The minimum absolute atomic E-state index is 0.117. The molecule has 1 aliphatic carbocycles. The Morgan fingerprint density at radius 1 is 1.11 bits per heavy atom. The molecule has 1 saturated carbocycles. The summed E-state index contributed by atoms with van der Waals surface area (Å²) in [5, 5.41) is 15.7. The van der Waals surface area contributed by atoms with Crippen LogP contribution in [0.15, 0.2) is 18.2 Å². The van der Waals surface area contributed by atoms with Gasteiger partial charge in [-0.3, -0.25) is 9.59 Å². The molecule has 3 N–H and O–H groups in total. The van der Waals surface area contributed by atoms with Gasteiger partial charge in [-0.1, -0.05) is 26.2 Å². The predicted molar refractivity (Wildman–Crippen MR) is 169 cm³/mol. The summed E-state index contributed by atoms with van der Waals surface area (Å²) in [4.78, 5) is 42.6. The van der Waals surface area contributed by atoms with Crippen LogP contribution in [0.4, 0.5) is 23.7 Å². The second-order valence-electron chi connectivity index (χ2n) is 12.8. The molecule has 1 aromatic carbocycles. The van der Waals surface area contributed by atoms with Crippen LogP contribution in [0.2, 0.25) is 0 Å². The van der Waals surface area contributed by atoms with Crippen LogP contribution >= 0.6 is 0 Å². The number of halogens is 3. The van der Waals surface area contributed by atoms with Gasteiger partial charge in [0.05, 0.1) is 36.8 Å². The Morgan fingerprint density at radius 2 is 1.80 bits per heavy atom. The zero-order valence-corrected chi connectivity index (χ0v) is 27.5. The number of anilines is 1. The smallest absolute Gasteiger partial charge is 0.389 e.